The summed E-state index contributed by atoms with van der Waals surface area (Å²) in [4.78, 5) is 0. The summed E-state index contributed by atoms with van der Waals surface area (Å²) in [6, 6.07) is 6.54. The van der Waals surface area contributed by atoms with Crippen LogP contribution in [0.5, 0.6) is 0 Å². The van der Waals surface area contributed by atoms with Crippen molar-refractivity contribution in [1.82, 2.24) is 0 Å². The highest BCUT2D eigenvalue weighted by atomic mass is 16.3. The second-order valence-corrected chi connectivity index (χ2v) is 7.16. The smallest absolute Gasteiger partial charge is 0.0718 e. The summed E-state index contributed by atoms with van der Waals surface area (Å²) in [6.45, 7) is 11.0. The van der Waals surface area contributed by atoms with Crippen LogP contribution in [0.2, 0.25) is 0 Å². The zero-order chi connectivity index (χ0) is 13.6. The van der Waals surface area contributed by atoms with Crippen LogP contribution in [0, 0.1) is 25.2 Å². The van der Waals surface area contributed by atoms with Crippen molar-refractivity contribution in [2.24, 2.45) is 11.3 Å². The number of rotatable bonds is 2. The Morgan fingerprint density at radius 2 is 1.94 bits per heavy atom. The highest BCUT2D eigenvalue weighted by Gasteiger charge is 2.47. The van der Waals surface area contributed by atoms with Crippen LogP contribution >= 0.6 is 0 Å². The summed E-state index contributed by atoms with van der Waals surface area (Å²) in [6.07, 6.45) is 2.83. The van der Waals surface area contributed by atoms with Gasteiger partial charge in [0.25, 0.3) is 0 Å². The zero-order valence-electron chi connectivity index (χ0n) is 12.4. The second-order valence-electron chi connectivity index (χ2n) is 7.16. The molecule has 1 aromatic carbocycles. The molecule has 2 unspecified atom stereocenters. The van der Waals surface area contributed by atoms with Crippen LogP contribution in [0.3, 0.4) is 0 Å². The molecule has 0 aliphatic heterocycles. The fourth-order valence-electron chi connectivity index (χ4n) is 3.65. The monoisotopic (exact) mass is 246 g/mol. The van der Waals surface area contributed by atoms with E-state index in [1.165, 1.54) is 16.7 Å². The van der Waals surface area contributed by atoms with E-state index >= 15 is 0 Å². The molecule has 0 spiro atoms. The largest absolute Gasteiger partial charge is 0.389 e. The molecule has 0 heterocycles. The van der Waals surface area contributed by atoms with E-state index in [-0.39, 0.29) is 5.41 Å². The third-order valence-corrected chi connectivity index (χ3v) is 4.56. The first-order valence-electron chi connectivity index (χ1n) is 7.00. The van der Waals surface area contributed by atoms with Crippen LogP contribution in [-0.4, -0.2) is 10.7 Å². The molecule has 0 bridgehead atoms. The van der Waals surface area contributed by atoms with E-state index in [1.54, 1.807) is 0 Å². The molecule has 1 aliphatic carbocycles. The molecule has 0 amide bonds. The Kier molecular flexibility index (Phi) is 3.31. The minimum Gasteiger partial charge on any atom is -0.389 e. The van der Waals surface area contributed by atoms with Gasteiger partial charge in [-0.2, -0.15) is 0 Å². The standard InChI is InChI=1S/C17H26O/c1-12-6-7-13(2)15(8-12)10-17(18)11-16(4,5)9-14(17)3/h6-8,14,18H,9-11H2,1-5H3. The number of hydrogen-bond acceptors (Lipinski definition) is 1. The molecular formula is C17H26O. The van der Waals surface area contributed by atoms with E-state index in [2.05, 4.69) is 52.8 Å². The minimum atomic E-state index is -0.526. The highest BCUT2D eigenvalue weighted by molar-refractivity contribution is 5.32. The number of aryl methyl sites for hydroxylation is 2. The maximum atomic E-state index is 11.0. The SMILES string of the molecule is Cc1ccc(C)c(CC2(O)CC(C)(C)CC2C)c1. The molecule has 1 fully saturated rings. The van der Waals surface area contributed by atoms with E-state index in [4.69, 9.17) is 0 Å². The molecule has 0 radical (unpaired) electrons. The Balaban J connectivity index is 2.25. The highest BCUT2D eigenvalue weighted by Crippen LogP contribution is 2.48. The van der Waals surface area contributed by atoms with Crippen molar-refractivity contribution in [3.8, 4) is 0 Å². The summed E-state index contributed by atoms with van der Waals surface area (Å²) in [5.41, 5.74) is 3.63. The summed E-state index contributed by atoms with van der Waals surface area (Å²) < 4.78 is 0. The van der Waals surface area contributed by atoms with Gasteiger partial charge in [0.1, 0.15) is 0 Å². The van der Waals surface area contributed by atoms with E-state index < -0.39 is 5.60 Å². The molecule has 1 aromatic rings. The van der Waals surface area contributed by atoms with E-state index in [0.717, 1.165) is 19.3 Å². The van der Waals surface area contributed by atoms with Crippen LogP contribution in [0.1, 0.15) is 50.3 Å². The molecule has 100 valence electrons. The quantitative estimate of drug-likeness (QED) is 0.835. The third-order valence-electron chi connectivity index (χ3n) is 4.56. The van der Waals surface area contributed by atoms with Crippen LogP contribution in [0.4, 0.5) is 0 Å². The fourth-order valence-corrected chi connectivity index (χ4v) is 3.65. The van der Waals surface area contributed by atoms with Gasteiger partial charge in [-0.05, 0) is 49.1 Å². The lowest BCUT2D eigenvalue weighted by molar-refractivity contribution is 0.00432. The van der Waals surface area contributed by atoms with Crippen LogP contribution < -0.4 is 0 Å². The van der Waals surface area contributed by atoms with E-state index in [0.29, 0.717) is 5.92 Å². The number of benzene rings is 1. The van der Waals surface area contributed by atoms with Crippen molar-refractivity contribution in [3.05, 3.63) is 34.9 Å². The first-order chi connectivity index (χ1) is 8.22. The Morgan fingerprint density at radius 1 is 1.28 bits per heavy atom. The number of hydrogen-bond donors (Lipinski definition) is 1. The van der Waals surface area contributed by atoms with E-state index in [9.17, 15) is 5.11 Å². The Labute approximate surface area is 111 Å². The van der Waals surface area contributed by atoms with Crippen molar-refractivity contribution in [2.75, 3.05) is 0 Å². The molecule has 1 aliphatic rings. The summed E-state index contributed by atoms with van der Waals surface area (Å²) in [5.74, 6) is 0.382. The predicted octanol–water partition coefficient (Wildman–Crippen LogP) is 4.03. The molecule has 1 heteroatoms. The average molecular weight is 246 g/mol. The van der Waals surface area contributed by atoms with Crippen molar-refractivity contribution >= 4 is 0 Å². The van der Waals surface area contributed by atoms with Gasteiger partial charge in [-0.15, -0.1) is 0 Å². The summed E-state index contributed by atoms with van der Waals surface area (Å²) in [7, 11) is 0. The topological polar surface area (TPSA) is 20.2 Å². The molecule has 2 atom stereocenters. The van der Waals surface area contributed by atoms with Crippen molar-refractivity contribution in [1.29, 1.82) is 0 Å². The lowest BCUT2D eigenvalue weighted by atomic mass is 9.83. The summed E-state index contributed by atoms with van der Waals surface area (Å²) >= 11 is 0. The molecule has 1 nitrogen and oxygen atoms in total. The van der Waals surface area contributed by atoms with Crippen molar-refractivity contribution < 1.29 is 5.11 Å². The van der Waals surface area contributed by atoms with Gasteiger partial charge in [-0.1, -0.05) is 44.5 Å². The fraction of sp³-hybridized carbons (Fsp3) is 0.647. The lowest BCUT2D eigenvalue weighted by Crippen LogP contribution is -2.35. The zero-order valence-corrected chi connectivity index (χ0v) is 12.4. The van der Waals surface area contributed by atoms with Crippen molar-refractivity contribution in [3.63, 3.8) is 0 Å². The molecule has 2 rings (SSSR count). The Morgan fingerprint density at radius 3 is 2.50 bits per heavy atom. The summed E-state index contributed by atoms with van der Waals surface area (Å²) in [5, 5.41) is 11.0. The van der Waals surface area contributed by atoms with Gasteiger partial charge in [0.15, 0.2) is 0 Å². The third kappa shape index (κ3) is 2.61. The minimum absolute atomic E-state index is 0.270. The maximum absolute atomic E-state index is 11.0. The van der Waals surface area contributed by atoms with Crippen molar-refractivity contribution in [2.45, 2.75) is 59.5 Å². The van der Waals surface area contributed by atoms with E-state index in [1.807, 2.05) is 0 Å². The van der Waals surface area contributed by atoms with Gasteiger partial charge in [0.2, 0.25) is 0 Å². The molecule has 18 heavy (non-hydrogen) atoms. The van der Waals surface area contributed by atoms with Gasteiger partial charge >= 0.3 is 0 Å². The maximum Gasteiger partial charge on any atom is 0.0718 e. The lowest BCUT2D eigenvalue weighted by Gasteiger charge is -2.29. The van der Waals surface area contributed by atoms with Gasteiger partial charge in [0, 0.05) is 6.42 Å². The predicted molar refractivity (Wildman–Crippen MR) is 76.7 cm³/mol. The Hall–Kier alpha value is -0.820. The normalized spacial score (nSPS) is 30.7. The molecular weight excluding hydrogens is 220 g/mol. The van der Waals surface area contributed by atoms with Gasteiger partial charge in [0.05, 0.1) is 5.60 Å². The average Bonchev–Trinajstić information content (AvgIpc) is 2.41. The molecule has 0 saturated heterocycles. The first-order valence-corrected chi connectivity index (χ1v) is 7.00. The van der Waals surface area contributed by atoms with Crippen LogP contribution in [0.25, 0.3) is 0 Å². The first kappa shape index (κ1) is 13.6. The van der Waals surface area contributed by atoms with Crippen LogP contribution in [0.15, 0.2) is 18.2 Å². The second kappa shape index (κ2) is 4.38. The van der Waals surface area contributed by atoms with Gasteiger partial charge < -0.3 is 5.11 Å². The van der Waals surface area contributed by atoms with Crippen LogP contribution in [-0.2, 0) is 6.42 Å². The van der Waals surface area contributed by atoms with Gasteiger partial charge in [-0.25, -0.2) is 0 Å². The Bertz CT molecular complexity index is 447. The molecule has 0 aromatic heterocycles. The van der Waals surface area contributed by atoms with Gasteiger partial charge in [-0.3, -0.25) is 0 Å². The molecule has 1 N–H and O–H groups in total. The number of aliphatic hydroxyl groups is 1. The molecule has 1 saturated carbocycles.